The molecule has 0 bridgehead atoms. The Kier molecular flexibility index (Phi) is 6.57. The van der Waals surface area contributed by atoms with Crippen molar-refractivity contribution in [2.24, 2.45) is 0 Å². The predicted molar refractivity (Wildman–Crippen MR) is 92.6 cm³/mol. The molecule has 2 N–H and O–H groups in total. The van der Waals surface area contributed by atoms with E-state index in [1.807, 2.05) is 24.3 Å². The third-order valence-electron chi connectivity index (χ3n) is 4.01. The molecule has 0 atom stereocenters. The van der Waals surface area contributed by atoms with Gasteiger partial charge >= 0.3 is 0 Å². The Bertz CT molecular complexity index is 670. The molecule has 1 saturated heterocycles. The van der Waals surface area contributed by atoms with E-state index in [0.29, 0.717) is 18.3 Å². The number of piperidine rings is 1. The van der Waals surface area contributed by atoms with Crippen LogP contribution < -0.4 is 15.4 Å². The molecule has 0 aliphatic carbocycles. The molecule has 0 unspecified atom stereocenters. The van der Waals surface area contributed by atoms with Crippen LogP contribution in [0.25, 0.3) is 0 Å². The molecular formula is C16H22ClN5O2. The molecule has 8 heteroatoms. The number of nitrogens with one attached hydrogen (secondary N) is 2. The van der Waals surface area contributed by atoms with Crippen LogP contribution in [0.3, 0.4) is 0 Å². The van der Waals surface area contributed by atoms with E-state index in [1.165, 1.54) is 0 Å². The molecule has 1 aliphatic heterocycles. The molecule has 1 aliphatic rings. The summed E-state index contributed by atoms with van der Waals surface area (Å²) in [6.45, 7) is 2.38. The van der Waals surface area contributed by atoms with Gasteiger partial charge in [-0.3, -0.25) is 4.79 Å². The van der Waals surface area contributed by atoms with Gasteiger partial charge in [0.1, 0.15) is 5.75 Å². The summed E-state index contributed by atoms with van der Waals surface area (Å²) in [5, 5.41) is 14.3. The van der Waals surface area contributed by atoms with Crippen molar-refractivity contribution in [2.75, 3.05) is 20.2 Å². The molecular weight excluding hydrogens is 330 g/mol. The fourth-order valence-corrected chi connectivity index (χ4v) is 2.69. The number of carbonyl (C=O) groups is 1. The highest BCUT2D eigenvalue weighted by Gasteiger charge is 2.18. The highest BCUT2D eigenvalue weighted by Crippen LogP contribution is 2.17. The zero-order valence-corrected chi connectivity index (χ0v) is 14.4. The topological polar surface area (TPSA) is 81.1 Å². The number of benzene rings is 1. The van der Waals surface area contributed by atoms with Gasteiger partial charge in [-0.05, 0) is 43.6 Å². The molecule has 1 aromatic heterocycles. The third-order valence-corrected chi connectivity index (χ3v) is 4.01. The first kappa shape index (κ1) is 18.2. The number of amides is 1. The molecule has 0 spiro atoms. The Morgan fingerprint density at radius 1 is 1.42 bits per heavy atom. The predicted octanol–water partition coefficient (Wildman–Crippen LogP) is 1.56. The number of nitrogens with zero attached hydrogens (tertiary/aromatic N) is 3. The van der Waals surface area contributed by atoms with Crippen LogP contribution >= 0.6 is 12.4 Å². The van der Waals surface area contributed by atoms with Gasteiger partial charge in [-0.1, -0.05) is 17.3 Å². The smallest absolute Gasteiger partial charge is 0.273 e. The van der Waals surface area contributed by atoms with Gasteiger partial charge in [-0.15, -0.1) is 17.5 Å². The number of aromatic nitrogens is 3. The summed E-state index contributed by atoms with van der Waals surface area (Å²) in [5.74, 6) is 0.557. The van der Waals surface area contributed by atoms with Crippen LogP contribution in [0.15, 0.2) is 30.5 Å². The van der Waals surface area contributed by atoms with Gasteiger partial charge in [0, 0.05) is 6.54 Å². The van der Waals surface area contributed by atoms with Crippen molar-refractivity contribution in [3.05, 3.63) is 41.7 Å². The van der Waals surface area contributed by atoms with Crippen LogP contribution in [-0.4, -0.2) is 41.1 Å². The molecule has 3 rings (SSSR count). The molecule has 1 amide bonds. The highest BCUT2D eigenvalue weighted by molar-refractivity contribution is 5.91. The van der Waals surface area contributed by atoms with Crippen molar-refractivity contribution in [1.29, 1.82) is 0 Å². The van der Waals surface area contributed by atoms with E-state index in [0.717, 1.165) is 37.2 Å². The summed E-state index contributed by atoms with van der Waals surface area (Å²) in [7, 11) is 1.62. The molecule has 1 aromatic carbocycles. The van der Waals surface area contributed by atoms with E-state index >= 15 is 0 Å². The minimum atomic E-state index is -0.215. The lowest BCUT2D eigenvalue weighted by Gasteiger charge is -2.22. The molecule has 0 radical (unpaired) electrons. The summed E-state index contributed by atoms with van der Waals surface area (Å²) in [6.07, 6.45) is 3.75. The molecule has 130 valence electrons. The van der Waals surface area contributed by atoms with Crippen molar-refractivity contribution in [2.45, 2.75) is 25.4 Å². The maximum Gasteiger partial charge on any atom is 0.273 e. The summed E-state index contributed by atoms with van der Waals surface area (Å²) < 4.78 is 6.98. The second-order valence-corrected chi connectivity index (χ2v) is 5.60. The van der Waals surface area contributed by atoms with Crippen molar-refractivity contribution in [1.82, 2.24) is 25.6 Å². The first-order chi connectivity index (χ1) is 11.3. The van der Waals surface area contributed by atoms with Gasteiger partial charge in [0.05, 0.1) is 19.3 Å². The molecule has 2 aromatic rings. The molecule has 1 fully saturated rings. The summed E-state index contributed by atoms with van der Waals surface area (Å²) in [6, 6.07) is 7.92. The molecule has 0 saturated carbocycles. The van der Waals surface area contributed by atoms with Crippen molar-refractivity contribution in [3.63, 3.8) is 0 Å². The number of ether oxygens (including phenoxy) is 1. The van der Waals surface area contributed by atoms with Crippen LogP contribution in [0.1, 0.15) is 34.9 Å². The Labute approximate surface area is 147 Å². The summed E-state index contributed by atoms with van der Waals surface area (Å²) in [4.78, 5) is 12.2. The van der Waals surface area contributed by atoms with Crippen LogP contribution in [-0.2, 0) is 6.54 Å². The standard InChI is InChI=1S/C16H21N5O2.ClH/c1-23-14-4-2-3-12(9-14)10-18-16(22)15-11-21(20-19-15)13-5-7-17-8-6-13;/h2-4,9,11,13,17H,5-8,10H2,1H3,(H,18,22);1H. The van der Waals surface area contributed by atoms with Gasteiger partial charge in [-0.2, -0.15) is 0 Å². The minimum absolute atomic E-state index is 0. The Morgan fingerprint density at radius 3 is 2.96 bits per heavy atom. The van der Waals surface area contributed by atoms with E-state index in [4.69, 9.17) is 4.74 Å². The van der Waals surface area contributed by atoms with E-state index in [1.54, 1.807) is 18.0 Å². The lowest BCUT2D eigenvalue weighted by atomic mass is 10.1. The van der Waals surface area contributed by atoms with Gasteiger partial charge in [0.25, 0.3) is 5.91 Å². The maximum atomic E-state index is 12.2. The zero-order valence-electron chi connectivity index (χ0n) is 13.6. The largest absolute Gasteiger partial charge is 0.497 e. The van der Waals surface area contributed by atoms with E-state index in [2.05, 4.69) is 20.9 Å². The monoisotopic (exact) mass is 351 g/mol. The van der Waals surface area contributed by atoms with Crippen molar-refractivity contribution >= 4 is 18.3 Å². The van der Waals surface area contributed by atoms with Crippen molar-refractivity contribution in [3.8, 4) is 5.75 Å². The normalized spacial score (nSPS) is 14.7. The molecule has 2 heterocycles. The number of rotatable bonds is 5. The van der Waals surface area contributed by atoms with Gasteiger partial charge < -0.3 is 15.4 Å². The van der Waals surface area contributed by atoms with Gasteiger partial charge in [0.15, 0.2) is 5.69 Å². The highest BCUT2D eigenvalue weighted by atomic mass is 35.5. The number of halogens is 1. The summed E-state index contributed by atoms with van der Waals surface area (Å²) >= 11 is 0. The fraction of sp³-hybridized carbons (Fsp3) is 0.438. The van der Waals surface area contributed by atoms with Gasteiger partial charge in [0.2, 0.25) is 0 Å². The molecule has 7 nitrogen and oxygen atoms in total. The number of carbonyl (C=O) groups excluding carboxylic acids is 1. The summed E-state index contributed by atoms with van der Waals surface area (Å²) in [5.41, 5.74) is 1.33. The van der Waals surface area contributed by atoms with E-state index in [9.17, 15) is 4.79 Å². The second kappa shape index (κ2) is 8.65. The van der Waals surface area contributed by atoms with Crippen LogP contribution in [0.4, 0.5) is 0 Å². The van der Waals surface area contributed by atoms with Gasteiger partial charge in [-0.25, -0.2) is 4.68 Å². The van der Waals surface area contributed by atoms with E-state index in [-0.39, 0.29) is 18.3 Å². The Morgan fingerprint density at radius 2 is 2.21 bits per heavy atom. The third kappa shape index (κ3) is 4.46. The first-order valence-electron chi connectivity index (χ1n) is 7.80. The second-order valence-electron chi connectivity index (χ2n) is 5.60. The lowest BCUT2D eigenvalue weighted by Crippen LogP contribution is -2.29. The first-order valence-corrected chi connectivity index (χ1v) is 7.80. The number of hydrogen-bond donors (Lipinski definition) is 2. The average Bonchev–Trinajstić information content (AvgIpc) is 3.11. The van der Waals surface area contributed by atoms with Crippen LogP contribution in [0.5, 0.6) is 5.75 Å². The van der Waals surface area contributed by atoms with Crippen molar-refractivity contribution < 1.29 is 9.53 Å². The number of hydrogen-bond acceptors (Lipinski definition) is 5. The lowest BCUT2D eigenvalue weighted by molar-refractivity contribution is 0.0945. The molecule has 24 heavy (non-hydrogen) atoms. The number of methoxy groups -OCH3 is 1. The van der Waals surface area contributed by atoms with E-state index < -0.39 is 0 Å². The zero-order chi connectivity index (χ0) is 16.1. The minimum Gasteiger partial charge on any atom is -0.497 e. The SMILES string of the molecule is COc1cccc(CNC(=O)c2cn(C3CCNCC3)nn2)c1.Cl. The fourth-order valence-electron chi connectivity index (χ4n) is 2.69. The Hall–Kier alpha value is -2.12. The average molecular weight is 352 g/mol. The maximum absolute atomic E-state index is 12.2. The Balaban J connectivity index is 0.00000208. The quantitative estimate of drug-likeness (QED) is 0.854. The van der Waals surface area contributed by atoms with Crippen LogP contribution in [0.2, 0.25) is 0 Å². The van der Waals surface area contributed by atoms with Crippen LogP contribution in [0, 0.1) is 0 Å².